The van der Waals surface area contributed by atoms with Crippen molar-refractivity contribution < 1.29 is 9.59 Å². The van der Waals surface area contributed by atoms with Crippen LogP contribution in [0.15, 0.2) is 41.8 Å². The standard InChI is InChI=1S/C22H27N3O2S/c1-17(21(26)25-12-8-20-19(16-25)9-15-28-20)23-10-5-11-24(14-13-23)22(27)18-6-3-2-4-7-18/h2-4,6-7,9,15,17H,5,8,10-14,16H2,1H3. The van der Waals surface area contributed by atoms with Crippen molar-refractivity contribution in [2.45, 2.75) is 32.4 Å². The normalized spacial score (nSPS) is 19.0. The second-order valence-corrected chi connectivity index (χ2v) is 8.60. The van der Waals surface area contributed by atoms with Crippen molar-refractivity contribution in [1.82, 2.24) is 14.7 Å². The topological polar surface area (TPSA) is 43.9 Å². The van der Waals surface area contributed by atoms with Crippen LogP contribution in [-0.2, 0) is 17.8 Å². The first-order valence-electron chi connectivity index (χ1n) is 10.1. The van der Waals surface area contributed by atoms with E-state index in [1.165, 1.54) is 10.4 Å². The first kappa shape index (κ1) is 19.2. The van der Waals surface area contributed by atoms with E-state index in [-0.39, 0.29) is 17.9 Å². The number of nitrogens with zero attached hydrogens (tertiary/aromatic N) is 3. The third-order valence-electron chi connectivity index (χ3n) is 5.86. The molecule has 2 aliphatic heterocycles. The Morgan fingerprint density at radius 1 is 0.964 bits per heavy atom. The van der Waals surface area contributed by atoms with Crippen LogP contribution in [0.3, 0.4) is 0 Å². The number of hydrogen-bond acceptors (Lipinski definition) is 4. The second-order valence-electron chi connectivity index (χ2n) is 7.60. The molecular formula is C22H27N3O2S. The van der Waals surface area contributed by atoms with Gasteiger partial charge in [-0.25, -0.2) is 0 Å². The fraction of sp³-hybridized carbons (Fsp3) is 0.455. The van der Waals surface area contributed by atoms with Crippen LogP contribution in [0, 0.1) is 0 Å². The molecule has 6 heteroatoms. The van der Waals surface area contributed by atoms with E-state index in [1.54, 1.807) is 11.3 Å². The molecule has 0 saturated carbocycles. The van der Waals surface area contributed by atoms with Gasteiger partial charge in [-0.3, -0.25) is 14.5 Å². The van der Waals surface area contributed by atoms with E-state index in [9.17, 15) is 9.59 Å². The largest absolute Gasteiger partial charge is 0.337 e. The van der Waals surface area contributed by atoms with Crippen LogP contribution in [0.4, 0.5) is 0 Å². The maximum atomic E-state index is 13.1. The van der Waals surface area contributed by atoms with Gasteiger partial charge in [0.15, 0.2) is 0 Å². The molecule has 148 valence electrons. The fourth-order valence-corrected chi connectivity index (χ4v) is 5.04. The highest BCUT2D eigenvalue weighted by atomic mass is 32.1. The van der Waals surface area contributed by atoms with Crippen LogP contribution in [0.25, 0.3) is 0 Å². The molecular weight excluding hydrogens is 370 g/mol. The molecule has 2 amide bonds. The van der Waals surface area contributed by atoms with Gasteiger partial charge in [0.2, 0.25) is 5.91 Å². The van der Waals surface area contributed by atoms with Gasteiger partial charge >= 0.3 is 0 Å². The predicted molar refractivity (Wildman–Crippen MR) is 111 cm³/mol. The molecule has 0 bridgehead atoms. The number of rotatable bonds is 3. The van der Waals surface area contributed by atoms with E-state index in [2.05, 4.69) is 16.3 Å². The molecule has 0 spiro atoms. The zero-order valence-electron chi connectivity index (χ0n) is 16.3. The van der Waals surface area contributed by atoms with Gasteiger partial charge in [0, 0.05) is 49.7 Å². The number of amides is 2. The molecule has 1 fully saturated rings. The van der Waals surface area contributed by atoms with Crippen LogP contribution in [0.5, 0.6) is 0 Å². The summed E-state index contributed by atoms with van der Waals surface area (Å²) >= 11 is 1.79. The molecule has 0 radical (unpaired) electrons. The van der Waals surface area contributed by atoms with Crippen LogP contribution >= 0.6 is 11.3 Å². The molecule has 1 saturated heterocycles. The second kappa shape index (κ2) is 8.45. The molecule has 0 aliphatic carbocycles. The number of carbonyl (C=O) groups is 2. The predicted octanol–water partition coefficient (Wildman–Crippen LogP) is 2.87. The molecule has 1 atom stereocenters. The molecule has 2 aromatic rings. The highest BCUT2D eigenvalue weighted by Gasteiger charge is 2.30. The molecule has 0 N–H and O–H groups in total. The number of carbonyl (C=O) groups excluding carboxylic acids is 2. The van der Waals surface area contributed by atoms with E-state index < -0.39 is 0 Å². The summed E-state index contributed by atoms with van der Waals surface area (Å²) in [5, 5.41) is 2.12. The summed E-state index contributed by atoms with van der Waals surface area (Å²) in [7, 11) is 0. The summed E-state index contributed by atoms with van der Waals surface area (Å²) in [5.41, 5.74) is 2.03. The maximum absolute atomic E-state index is 13.1. The Morgan fingerprint density at radius 3 is 2.61 bits per heavy atom. The maximum Gasteiger partial charge on any atom is 0.253 e. The summed E-state index contributed by atoms with van der Waals surface area (Å²) in [6, 6.07) is 11.5. The van der Waals surface area contributed by atoms with E-state index >= 15 is 0 Å². The van der Waals surface area contributed by atoms with Gasteiger partial charge in [-0.15, -0.1) is 11.3 Å². The Labute approximate surface area is 170 Å². The zero-order chi connectivity index (χ0) is 19.5. The molecule has 5 nitrogen and oxygen atoms in total. The zero-order valence-corrected chi connectivity index (χ0v) is 17.2. The van der Waals surface area contributed by atoms with Crippen LogP contribution < -0.4 is 0 Å². The molecule has 28 heavy (non-hydrogen) atoms. The van der Waals surface area contributed by atoms with Gasteiger partial charge in [-0.05, 0) is 48.9 Å². The molecule has 2 aliphatic rings. The number of fused-ring (bicyclic) bond motifs is 1. The average Bonchev–Trinajstić information content (AvgIpc) is 3.07. The first-order chi connectivity index (χ1) is 13.6. The van der Waals surface area contributed by atoms with Gasteiger partial charge in [0.1, 0.15) is 0 Å². The summed E-state index contributed by atoms with van der Waals surface area (Å²) in [6.07, 6.45) is 1.86. The lowest BCUT2D eigenvalue weighted by Gasteiger charge is -2.34. The molecule has 1 unspecified atom stereocenters. The monoisotopic (exact) mass is 397 g/mol. The minimum absolute atomic E-state index is 0.0856. The summed E-state index contributed by atoms with van der Waals surface area (Å²) in [6.45, 7) is 6.55. The molecule has 1 aromatic carbocycles. The molecule has 4 rings (SSSR count). The van der Waals surface area contributed by atoms with Gasteiger partial charge < -0.3 is 9.80 Å². The molecule has 1 aromatic heterocycles. The van der Waals surface area contributed by atoms with E-state index in [0.717, 1.165) is 51.1 Å². The SMILES string of the molecule is CC(C(=O)N1CCc2sccc2C1)N1CCCN(C(=O)c2ccccc2)CC1. The summed E-state index contributed by atoms with van der Waals surface area (Å²) in [4.78, 5) is 33.4. The van der Waals surface area contributed by atoms with E-state index in [1.807, 2.05) is 47.1 Å². The Morgan fingerprint density at radius 2 is 1.79 bits per heavy atom. The van der Waals surface area contributed by atoms with Gasteiger partial charge in [-0.2, -0.15) is 0 Å². The van der Waals surface area contributed by atoms with E-state index in [0.29, 0.717) is 6.54 Å². The third kappa shape index (κ3) is 3.98. The van der Waals surface area contributed by atoms with Crippen molar-refractivity contribution in [2.75, 3.05) is 32.7 Å². The number of hydrogen-bond donors (Lipinski definition) is 0. The van der Waals surface area contributed by atoms with Crippen molar-refractivity contribution in [3.05, 3.63) is 57.8 Å². The van der Waals surface area contributed by atoms with Crippen molar-refractivity contribution >= 4 is 23.2 Å². The third-order valence-corrected chi connectivity index (χ3v) is 6.89. The lowest BCUT2D eigenvalue weighted by atomic mass is 10.1. The van der Waals surface area contributed by atoms with E-state index in [4.69, 9.17) is 0 Å². The van der Waals surface area contributed by atoms with Crippen molar-refractivity contribution in [1.29, 1.82) is 0 Å². The van der Waals surface area contributed by atoms with Crippen molar-refractivity contribution in [2.24, 2.45) is 0 Å². The van der Waals surface area contributed by atoms with Crippen LogP contribution in [0.1, 0.15) is 34.1 Å². The Bertz CT molecular complexity index is 835. The molecule has 3 heterocycles. The van der Waals surface area contributed by atoms with Gasteiger partial charge in [-0.1, -0.05) is 18.2 Å². The fourth-order valence-electron chi connectivity index (χ4n) is 4.15. The Hall–Kier alpha value is -2.18. The minimum Gasteiger partial charge on any atom is -0.337 e. The summed E-state index contributed by atoms with van der Waals surface area (Å²) in [5.74, 6) is 0.294. The lowest BCUT2D eigenvalue weighted by molar-refractivity contribution is -0.137. The highest BCUT2D eigenvalue weighted by molar-refractivity contribution is 7.10. The van der Waals surface area contributed by atoms with Crippen molar-refractivity contribution in [3.63, 3.8) is 0 Å². The van der Waals surface area contributed by atoms with Crippen molar-refractivity contribution in [3.8, 4) is 0 Å². The smallest absolute Gasteiger partial charge is 0.253 e. The summed E-state index contributed by atoms with van der Waals surface area (Å²) < 4.78 is 0. The Balaban J connectivity index is 1.36. The lowest BCUT2D eigenvalue weighted by Crippen LogP contribution is -2.49. The van der Waals surface area contributed by atoms with Crippen LogP contribution in [0.2, 0.25) is 0 Å². The quantitative estimate of drug-likeness (QED) is 0.800. The highest BCUT2D eigenvalue weighted by Crippen LogP contribution is 2.25. The minimum atomic E-state index is -0.146. The average molecular weight is 398 g/mol. The first-order valence-corrected chi connectivity index (χ1v) is 10.9. The number of benzene rings is 1. The Kier molecular flexibility index (Phi) is 5.78. The number of thiophene rings is 1. The van der Waals surface area contributed by atoms with Gasteiger partial charge in [0.05, 0.1) is 6.04 Å². The van der Waals surface area contributed by atoms with Gasteiger partial charge in [0.25, 0.3) is 5.91 Å². The van der Waals surface area contributed by atoms with Crippen LogP contribution in [-0.4, -0.2) is 65.3 Å².